The van der Waals surface area contributed by atoms with Gasteiger partial charge < -0.3 is 10.8 Å². The van der Waals surface area contributed by atoms with E-state index >= 15 is 0 Å². The molecule has 2 rings (SSSR count). The fourth-order valence-electron chi connectivity index (χ4n) is 2.92. The van der Waals surface area contributed by atoms with Gasteiger partial charge in [-0.1, -0.05) is 32.8 Å². The predicted octanol–water partition coefficient (Wildman–Crippen LogP) is 2.39. The molecule has 1 saturated carbocycles. The highest BCUT2D eigenvalue weighted by Gasteiger charge is 2.40. The quantitative estimate of drug-likeness (QED) is 0.826. The van der Waals surface area contributed by atoms with Crippen LogP contribution in [0.15, 0.2) is 18.3 Å². The third kappa shape index (κ3) is 2.44. The lowest BCUT2D eigenvalue weighted by Crippen LogP contribution is -2.44. The smallest absolute Gasteiger partial charge is 0.126 e. The van der Waals surface area contributed by atoms with Gasteiger partial charge in [-0.05, 0) is 29.9 Å². The first kappa shape index (κ1) is 12.4. The van der Waals surface area contributed by atoms with Crippen molar-refractivity contribution in [1.82, 2.24) is 4.98 Å². The second-order valence-corrected chi connectivity index (χ2v) is 5.49. The molecule has 0 aliphatic heterocycles. The average molecular weight is 234 g/mol. The zero-order valence-corrected chi connectivity index (χ0v) is 10.7. The van der Waals surface area contributed by atoms with Crippen molar-refractivity contribution >= 4 is 5.82 Å². The van der Waals surface area contributed by atoms with Crippen LogP contribution in [0.25, 0.3) is 0 Å². The van der Waals surface area contributed by atoms with Crippen LogP contribution in [0.2, 0.25) is 0 Å². The van der Waals surface area contributed by atoms with Crippen LogP contribution in [0, 0.1) is 11.8 Å². The molecule has 1 heterocycles. The number of nitrogens with two attached hydrogens (primary N) is 1. The molecule has 3 atom stereocenters. The first-order valence-electron chi connectivity index (χ1n) is 6.45. The van der Waals surface area contributed by atoms with Crippen molar-refractivity contribution in [2.75, 3.05) is 5.73 Å². The summed E-state index contributed by atoms with van der Waals surface area (Å²) in [5.74, 6) is 1.44. The van der Waals surface area contributed by atoms with Crippen molar-refractivity contribution in [3.63, 3.8) is 0 Å². The molecule has 94 valence electrons. The second kappa shape index (κ2) is 4.65. The Balaban J connectivity index is 2.19. The van der Waals surface area contributed by atoms with E-state index in [0.717, 1.165) is 18.4 Å². The molecule has 3 heteroatoms. The van der Waals surface area contributed by atoms with Crippen LogP contribution in [0.5, 0.6) is 0 Å². The van der Waals surface area contributed by atoms with E-state index in [0.29, 0.717) is 24.1 Å². The normalized spacial score (nSPS) is 33.6. The number of nitrogens with zero attached hydrogens (tertiary/aromatic N) is 1. The molecule has 0 amide bonds. The summed E-state index contributed by atoms with van der Waals surface area (Å²) < 4.78 is 0. The number of hydrogen-bond donors (Lipinski definition) is 2. The van der Waals surface area contributed by atoms with Crippen molar-refractivity contribution in [2.24, 2.45) is 11.8 Å². The molecule has 3 unspecified atom stereocenters. The van der Waals surface area contributed by atoms with Crippen molar-refractivity contribution in [3.8, 4) is 0 Å². The standard InChI is InChI=1S/C14H22N2O/c1-10-5-3-7-14(17,11(10)2)9-12-6-4-8-16-13(12)15/h4,6,8,10-11,17H,3,5,7,9H2,1-2H3,(H2,15,16). The van der Waals surface area contributed by atoms with E-state index in [2.05, 4.69) is 18.8 Å². The maximum Gasteiger partial charge on any atom is 0.126 e. The van der Waals surface area contributed by atoms with Crippen molar-refractivity contribution in [2.45, 2.75) is 45.1 Å². The number of hydrogen-bond acceptors (Lipinski definition) is 3. The summed E-state index contributed by atoms with van der Waals surface area (Å²) in [6, 6.07) is 3.85. The average Bonchev–Trinajstić information content (AvgIpc) is 2.29. The van der Waals surface area contributed by atoms with Gasteiger partial charge in [-0.15, -0.1) is 0 Å². The highest BCUT2D eigenvalue weighted by molar-refractivity contribution is 5.39. The number of aromatic nitrogens is 1. The van der Waals surface area contributed by atoms with Crippen LogP contribution in [-0.2, 0) is 6.42 Å². The van der Waals surface area contributed by atoms with E-state index in [9.17, 15) is 5.11 Å². The van der Waals surface area contributed by atoms with Gasteiger partial charge in [0, 0.05) is 12.6 Å². The SMILES string of the molecule is CC1CCCC(O)(Cc2cccnc2N)C1C. The van der Waals surface area contributed by atoms with Crippen LogP contribution in [0.3, 0.4) is 0 Å². The minimum Gasteiger partial charge on any atom is -0.389 e. The molecule has 0 aromatic carbocycles. The highest BCUT2D eigenvalue weighted by Crippen LogP contribution is 2.40. The minimum absolute atomic E-state index is 0.316. The van der Waals surface area contributed by atoms with Crippen LogP contribution in [0.1, 0.15) is 38.7 Å². The first-order chi connectivity index (χ1) is 8.03. The summed E-state index contributed by atoms with van der Waals surface area (Å²) in [4.78, 5) is 4.09. The maximum absolute atomic E-state index is 10.8. The topological polar surface area (TPSA) is 59.1 Å². The number of aliphatic hydroxyl groups is 1. The van der Waals surface area contributed by atoms with E-state index in [1.165, 1.54) is 6.42 Å². The van der Waals surface area contributed by atoms with E-state index in [-0.39, 0.29) is 0 Å². The van der Waals surface area contributed by atoms with E-state index in [1.807, 2.05) is 12.1 Å². The van der Waals surface area contributed by atoms with Gasteiger partial charge >= 0.3 is 0 Å². The Labute approximate surface area is 103 Å². The summed E-state index contributed by atoms with van der Waals surface area (Å²) in [5, 5.41) is 10.8. The molecule has 1 aromatic heterocycles. The lowest BCUT2D eigenvalue weighted by atomic mass is 9.68. The Kier molecular flexibility index (Phi) is 3.38. The summed E-state index contributed by atoms with van der Waals surface area (Å²) in [6.07, 6.45) is 5.50. The Morgan fingerprint density at radius 1 is 1.53 bits per heavy atom. The molecule has 1 fully saturated rings. The van der Waals surface area contributed by atoms with Gasteiger partial charge in [0.15, 0.2) is 0 Å². The molecule has 1 aromatic rings. The van der Waals surface area contributed by atoms with Gasteiger partial charge in [-0.3, -0.25) is 0 Å². The van der Waals surface area contributed by atoms with Gasteiger partial charge in [-0.2, -0.15) is 0 Å². The Bertz CT molecular complexity index is 394. The summed E-state index contributed by atoms with van der Waals surface area (Å²) in [6.45, 7) is 4.37. The first-order valence-corrected chi connectivity index (χ1v) is 6.45. The molecule has 3 N–H and O–H groups in total. The summed E-state index contributed by atoms with van der Waals surface area (Å²) in [5.41, 5.74) is 6.21. The number of pyridine rings is 1. The van der Waals surface area contributed by atoms with Gasteiger partial charge in [0.25, 0.3) is 0 Å². The van der Waals surface area contributed by atoms with Gasteiger partial charge in [-0.25, -0.2) is 4.98 Å². The Morgan fingerprint density at radius 3 is 3.00 bits per heavy atom. The van der Waals surface area contributed by atoms with Crippen molar-refractivity contribution < 1.29 is 5.11 Å². The third-order valence-electron chi connectivity index (χ3n) is 4.39. The highest BCUT2D eigenvalue weighted by atomic mass is 16.3. The van der Waals surface area contributed by atoms with E-state index in [4.69, 9.17) is 5.73 Å². The summed E-state index contributed by atoms with van der Waals surface area (Å²) >= 11 is 0. The molecular weight excluding hydrogens is 212 g/mol. The molecule has 3 nitrogen and oxygen atoms in total. The lowest BCUT2D eigenvalue weighted by molar-refractivity contribution is -0.0620. The molecule has 1 aliphatic carbocycles. The van der Waals surface area contributed by atoms with Crippen molar-refractivity contribution in [1.29, 1.82) is 0 Å². The van der Waals surface area contributed by atoms with E-state index in [1.54, 1.807) is 6.20 Å². The predicted molar refractivity (Wildman–Crippen MR) is 69.5 cm³/mol. The summed E-state index contributed by atoms with van der Waals surface area (Å²) in [7, 11) is 0. The number of nitrogen functional groups attached to an aromatic ring is 1. The molecule has 1 aliphatic rings. The Morgan fingerprint density at radius 2 is 2.29 bits per heavy atom. The lowest BCUT2D eigenvalue weighted by Gasteiger charge is -2.42. The van der Waals surface area contributed by atoms with Gasteiger partial charge in [0.05, 0.1) is 5.60 Å². The second-order valence-electron chi connectivity index (χ2n) is 5.49. The van der Waals surface area contributed by atoms with Crippen LogP contribution in [-0.4, -0.2) is 15.7 Å². The molecule has 0 saturated heterocycles. The van der Waals surface area contributed by atoms with Gasteiger partial charge in [0.1, 0.15) is 5.82 Å². The van der Waals surface area contributed by atoms with E-state index < -0.39 is 5.60 Å². The maximum atomic E-state index is 10.8. The molecule has 0 radical (unpaired) electrons. The van der Waals surface area contributed by atoms with Crippen LogP contribution < -0.4 is 5.73 Å². The number of anilines is 1. The van der Waals surface area contributed by atoms with Crippen LogP contribution in [0.4, 0.5) is 5.82 Å². The zero-order chi connectivity index (χ0) is 12.5. The fourth-order valence-corrected chi connectivity index (χ4v) is 2.92. The van der Waals surface area contributed by atoms with Crippen LogP contribution >= 0.6 is 0 Å². The number of rotatable bonds is 2. The monoisotopic (exact) mass is 234 g/mol. The van der Waals surface area contributed by atoms with Crippen molar-refractivity contribution in [3.05, 3.63) is 23.9 Å². The Hall–Kier alpha value is -1.09. The largest absolute Gasteiger partial charge is 0.389 e. The third-order valence-corrected chi connectivity index (χ3v) is 4.39. The molecular formula is C14H22N2O. The molecule has 0 bridgehead atoms. The zero-order valence-electron chi connectivity index (χ0n) is 10.7. The fraction of sp³-hybridized carbons (Fsp3) is 0.643. The minimum atomic E-state index is -0.616. The molecule has 17 heavy (non-hydrogen) atoms. The van der Waals surface area contributed by atoms with Gasteiger partial charge in [0.2, 0.25) is 0 Å². The molecule has 0 spiro atoms.